The maximum absolute atomic E-state index is 14.1. The molecule has 1 aliphatic heterocycles. The molecule has 2 aromatic carbocycles. The lowest BCUT2D eigenvalue weighted by molar-refractivity contribution is -0.249. The predicted octanol–water partition coefficient (Wildman–Crippen LogP) is 4.99. The molecule has 0 bridgehead atoms. The average molecular weight is 577 g/mol. The fraction of sp³-hybridized carbons (Fsp3) is 0.333. The molecule has 2 aromatic rings. The van der Waals surface area contributed by atoms with Crippen molar-refractivity contribution < 1.29 is 44.3 Å². The van der Waals surface area contributed by atoms with E-state index in [1.807, 2.05) is 0 Å². The molecule has 6 nitrogen and oxygen atoms in total. The van der Waals surface area contributed by atoms with Gasteiger partial charge in [-0.3, -0.25) is 4.79 Å². The van der Waals surface area contributed by atoms with Crippen LogP contribution in [-0.4, -0.2) is 51.4 Å². The Bertz CT molecular complexity index is 1310. The van der Waals surface area contributed by atoms with Gasteiger partial charge in [0.25, 0.3) is 0 Å². The number of nitrogens with one attached hydrogen (secondary N) is 1. The lowest BCUT2D eigenvalue weighted by atomic mass is 9.93. The quantitative estimate of drug-likeness (QED) is 0.491. The van der Waals surface area contributed by atoms with E-state index >= 15 is 0 Å². The van der Waals surface area contributed by atoms with Crippen LogP contribution in [0.25, 0.3) is 0 Å². The fourth-order valence-corrected chi connectivity index (χ4v) is 5.40. The molecule has 0 saturated heterocycles. The van der Waals surface area contributed by atoms with Gasteiger partial charge < -0.3 is 10.1 Å². The topological polar surface area (TPSA) is 84.8 Å². The normalized spacial score (nSPS) is 18.5. The fourth-order valence-electron chi connectivity index (χ4n) is 3.44. The second kappa shape index (κ2) is 9.75. The molecule has 3 rings (SSSR count). The van der Waals surface area contributed by atoms with Crippen LogP contribution in [0.15, 0.2) is 46.3 Å². The van der Waals surface area contributed by atoms with Gasteiger partial charge in [0, 0.05) is 21.2 Å². The Morgan fingerprint density at radius 3 is 2.22 bits per heavy atom. The van der Waals surface area contributed by atoms with E-state index in [9.17, 15) is 39.6 Å². The number of aliphatic imine (C=N–C) groups is 1. The molecule has 196 valence electrons. The smallest absolute Gasteiger partial charge is 0.434 e. The van der Waals surface area contributed by atoms with E-state index in [2.05, 4.69) is 4.99 Å². The molecule has 0 saturated carbocycles. The van der Waals surface area contributed by atoms with Crippen molar-refractivity contribution in [1.82, 2.24) is 5.32 Å². The molecule has 36 heavy (non-hydrogen) atoms. The van der Waals surface area contributed by atoms with E-state index in [4.69, 9.17) is 27.9 Å². The highest BCUT2D eigenvalue weighted by molar-refractivity contribution is 7.92. The number of aryl methyl sites for hydroxylation is 1. The summed E-state index contributed by atoms with van der Waals surface area (Å²) < 4.78 is 109. The van der Waals surface area contributed by atoms with Gasteiger partial charge in [-0.2, -0.15) is 26.3 Å². The molecule has 1 N–H and O–H groups in total. The zero-order valence-corrected chi connectivity index (χ0v) is 20.4. The maximum Gasteiger partial charge on any atom is 0.434 e. The third kappa shape index (κ3) is 6.06. The van der Waals surface area contributed by atoms with Crippen LogP contribution in [0.5, 0.6) is 0 Å². The molecule has 1 aliphatic rings. The number of hydrogen-bond donors (Lipinski definition) is 1. The first-order valence-electron chi connectivity index (χ1n) is 9.87. The van der Waals surface area contributed by atoms with Gasteiger partial charge in [-0.05, 0) is 48.9 Å². The SMILES string of the molecule is Cc1cc(C2=NCC(c3cc(Cl)cc(Cl)c3)(C(F)(F)F)O2)ccc1S(=O)(=O)CC(=O)NCC(F)(F)F. The molecule has 0 aliphatic carbocycles. The molecule has 1 heterocycles. The molecular weight excluding hydrogens is 561 g/mol. The number of ether oxygens (including phenoxy) is 1. The van der Waals surface area contributed by atoms with Crippen molar-refractivity contribution in [3.8, 4) is 0 Å². The Balaban J connectivity index is 1.86. The van der Waals surface area contributed by atoms with Crippen molar-refractivity contribution in [2.24, 2.45) is 4.99 Å². The minimum absolute atomic E-state index is 0.00669. The van der Waals surface area contributed by atoms with E-state index in [1.165, 1.54) is 24.4 Å². The number of hydrogen-bond acceptors (Lipinski definition) is 5. The summed E-state index contributed by atoms with van der Waals surface area (Å²) in [6, 6.07) is 6.64. The van der Waals surface area contributed by atoms with Gasteiger partial charge in [-0.25, -0.2) is 13.4 Å². The maximum atomic E-state index is 14.1. The zero-order valence-electron chi connectivity index (χ0n) is 18.1. The van der Waals surface area contributed by atoms with Gasteiger partial charge in [-0.1, -0.05) is 23.2 Å². The van der Waals surface area contributed by atoms with Gasteiger partial charge in [0.15, 0.2) is 9.84 Å². The first-order valence-corrected chi connectivity index (χ1v) is 12.3. The van der Waals surface area contributed by atoms with Crippen molar-refractivity contribution in [3.63, 3.8) is 0 Å². The van der Waals surface area contributed by atoms with Crippen molar-refractivity contribution in [2.45, 2.75) is 29.8 Å². The summed E-state index contributed by atoms with van der Waals surface area (Å²) in [6.07, 6.45) is -9.66. The van der Waals surface area contributed by atoms with E-state index in [0.29, 0.717) is 0 Å². The summed E-state index contributed by atoms with van der Waals surface area (Å²) in [5.41, 5.74) is -3.26. The molecule has 1 atom stereocenters. The first-order chi connectivity index (χ1) is 16.4. The number of nitrogens with zero attached hydrogens (tertiary/aromatic N) is 1. The molecule has 0 aromatic heterocycles. The number of carbonyl (C=O) groups excluding carboxylic acids is 1. The second-order valence-corrected chi connectivity index (χ2v) is 10.7. The molecule has 0 radical (unpaired) electrons. The Kier molecular flexibility index (Phi) is 7.60. The number of halogens is 8. The van der Waals surface area contributed by atoms with Crippen LogP contribution in [-0.2, 0) is 25.0 Å². The molecule has 1 unspecified atom stereocenters. The summed E-state index contributed by atoms with van der Waals surface area (Å²) in [5.74, 6) is -3.05. The highest BCUT2D eigenvalue weighted by atomic mass is 35.5. The zero-order chi connectivity index (χ0) is 27.1. The number of rotatable bonds is 6. The Morgan fingerprint density at radius 1 is 1.08 bits per heavy atom. The largest absolute Gasteiger partial charge is 0.454 e. The minimum Gasteiger partial charge on any atom is -0.454 e. The third-order valence-corrected chi connectivity index (χ3v) is 7.27. The number of amides is 1. The number of carbonyl (C=O) groups is 1. The standard InChI is InChI=1S/C21H16Cl2F6N2O4S/c1-11-4-12(2-3-16(11)36(33,34)8-17(32)30-10-20(24,25)26)18-31-9-19(35-18,21(27,28)29)13-5-14(22)7-15(23)6-13/h2-7H,8-10H2,1H3,(H,30,32). The van der Waals surface area contributed by atoms with E-state index in [0.717, 1.165) is 24.3 Å². The number of benzene rings is 2. The van der Waals surface area contributed by atoms with E-state index in [1.54, 1.807) is 0 Å². The Hall–Kier alpha value is -2.51. The van der Waals surface area contributed by atoms with E-state index in [-0.39, 0.29) is 26.7 Å². The molecule has 0 spiro atoms. The Labute approximate surface area is 211 Å². The van der Waals surface area contributed by atoms with Crippen molar-refractivity contribution in [3.05, 3.63) is 63.1 Å². The molecule has 1 amide bonds. The van der Waals surface area contributed by atoms with Gasteiger partial charge in [0.1, 0.15) is 12.3 Å². The monoisotopic (exact) mass is 576 g/mol. The van der Waals surface area contributed by atoms with Crippen molar-refractivity contribution >= 4 is 44.8 Å². The van der Waals surface area contributed by atoms with Gasteiger partial charge in [-0.15, -0.1) is 0 Å². The third-order valence-electron chi connectivity index (χ3n) is 5.07. The van der Waals surface area contributed by atoms with Crippen molar-refractivity contribution in [1.29, 1.82) is 0 Å². The molecular formula is C21H16Cl2F6N2O4S. The van der Waals surface area contributed by atoms with E-state index < -0.39 is 63.3 Å². The number of alkyl halides is 6. The van der Waals surface area contributed by atoms with Crippen LogP contribution >= 0.6 is 23.2 Å². The number of sulfone groups is 1. The summed E-state index contributed by atoms with van der Waals surface area (Å²) in [7, 11) is -4.37. The van der Waals surface area contributed by atoms with Crippen LogP contribution in [0.3, 0.4) is 0 Å². The second-order valence-electron chi connectivity index (χ2n) is 7.84. The minimum atomic E-state index is -4.94. The van der Waals surface area contributed by atoms with Crippen LogP contribution in [0, 0.1) is 6.92 Å². The predicted molar refractivity (Wildman–Crippen MR) is 119 cm³/mol. The average Bonchev–Trinajstić information content (AvgIpc) is 3.17. The van der Waals surface area contributed by atoms with Gasteiger partial charge in [0.2, 0.25) is 17.4 Å². The lowest BCUT2D eigenvalue weighted by Gasteiger charge is -2.31. The highest BCUT2D eigenvalue weighted by Crippen LogP contribution is 2.47. The highest BCUT2D eigenvalue weighted by Gasteiger charge is 2.61. The van der Waals surface area contributed by atoms with Crippen LogP contribution in [0.1, 0.15) is 16.7 Å². The van der Waals surface area contributed by atoms with Crippen LogP contribution < -0.4 is 5.32 Å². The first kappa shape index (κ1) is 28.1. The molecule has 0 fully saturated rings. The van der Waals surface area contributed by atoms with Gasteiger partial charge in [0.05, 0.1) is 11.4 Å². The van der Waals surface area contributed by atoms with Crippen molar-refractivity contribution in [2.75, 3.05) is 18.8 Å². The lowest BCUT2D eigenvalue weighted by Crippen LogP contribution is -2.45. The summed E-state index contributed by atoms with van der Waals surface area (Å²) in [4.78, 5) is 15.1. The molecule has 15 heteroatoms. The van der Waals surface area contributed by atoms with Crippen LogP contribution in [0.2, 0.25) is 10.0 Å². The Morgan fingerprint density at radius 2 is 1.69 bits per heavy atom. The summed E-state index contributed by atoms with van der Waals surface area (Å²) in [6.45, 7) is -1.26. The van der Waals surface area contributed by atoms with Crippen LogP contribution in [0.4, 0.5) is 26.3 Å². The van der Waals surface area contributed by atoms with Gasteiger partial charge >= 0.3 is 12.4 Å². The summed E-state index contributed by atoms with van der Waals surface area (Å²) >= 11 is 11.7. The summed E-state index contributed by atoms with van der Waals surface area (Å²) in [5, 5.41) is 1.36.